The van der Waals surface area contributed by atoms with Gasteiger partial charge in [-0.2, -0.15) is 0 Å². The van der Waals surface area contributed by atoms with Gasteiger partial charge in [-0.25, -0.2) is 0 Å². The molecule has 104 valence electrons. The standard InChI is InChI=1S/C16H27BrO/c1-15(12-17,13-5-6-13)11-14-7-10-16(18-14)8-3-2-4-9-16/h13-14H,2-12H2,1H3. The van der Waals surface area contributed by atoms with Crippen LogP contribution in [0.5, 0.6) is 0 Å². The normalized spacial score (nSPS) is 34.7. The first-order valence-electron chi connectivity index (χ1n) is 7.90. The summed E-state index contributed by atoms with van der Waals surface area (Å²) < 4.78 is 6.54. The number of ether oxygens (including phenoxy) is 1. The molecule has 3 rings (SSSR count). The van der Waals surface area contributed by atoms with Crippen molar-refractivity contribution in [3.05, 3.63) is 0 Å². The topological polar surface area (TPSA) is 9.23 Å². The summed E-state index contributed by atoms with van der Waals surface area (Å²) in [5.74, 6) is 0.961. The van der Waals surface area contributed by atoms with E-state index < -0.39 is 0 Å². The van der Waals surface area contributed by atoms with Gasteiger partial charge in [0.25, 0.3) is 0 Å². The lowest BCUT2D eigenvalue weighted by Gasteiger charge is -2.35. The van der Waals surface area contributed by atoms with E-state index in [1.165, 1.54) is 64.2 Å². The minimum Gasteiger partial charge on any atom is -0.372 e. The van der Waals surface area contributed by atoms with Crippen LogP contribution in [0.15, 0.2) is 0 Å². The molecule has 0 aromatic heterocycles. The molecule has 2 aliphatic carbocycles. The van der Waals surface area contributed by atoms with E-state index in [2.05, 4.69) is 22.9 Å². The number of hydrogen-bond acceptors (Lipinski definition) is 1. The van der Waals surface area contributed by atoms with Crippen molar-refractivity contribution in [2.75, 3.05) is 5.33 Å². The molecule has 0 aromatic rings. The molecule has 1 saturated heterocycles. The van der Waals surface area contributed by atoms with Crippen LogP contribution >= 0.6 is 15.9 Å². The van der Waals surface area contributed by atoms with Crippen LogP contribution in [0.1, 0.15) is 71.1 Å². The van der Waals surface area contributed by atoms with Gasteiger partial charge in [0, 0.05) is 5.33 Å². The Labute approximate surface area is 120 Å². The van der Waals surface area contributed by atoms with Crippen LogP contribution < -0.4 is 0 Å². The molecule has 3 fully saturated rings. The fourth-order valence-corrected chi connectivity index (χ4v) is 4.92. The first-order chi connectivity index (χ1) is 8.66. The molecule has 0 bridgehead atoms. The lowest BCUT2D eigenvalue weighted by molar-refractivity contribution is -0.0756. The summed E-state index contributed by atoms with van der Waals surface area (Å²) in [6.45, 7) is 2.47. The highest BCUT2D eigenvalue weighted by atomic mass is 79.9. The fourth-order valence-electron chi connectivity index (χ4n) is 4.23. The smallest absolute Gasteiger partial charge is 0.0687 e. The van der Waals surface area contributed by atoms with Crippen molar-refractivity contribution in [2.45, 2.75) is 82.8 Å². The molecule has 1 nitrogen and oxygen atoms in total. The maximum Gasteiger partial charge on any atom is 0.0687 e. The highest BCUT2D eigenvalue weighted by Crippen LogP contribution is 2.52. The van der Waals surface area contributed by atoms with E-state index in [1.54, 1.807) is 0 Å². The maximum absolute atomic E-state index is 6.54. The molecule has 0 N–H and O–H groups in total. The van der Waals surface area contributed by atoms with Crippen LogP contribution in [0, 0.1) is 11.3 Å². The molecule has 2 unspecified atom stereocenters. The van der Waals surface area contributed by atoms with Gasteiger partial charge in [-0.3, -0.25) is 0 Å². The molecule has 2 heteroatoms. The van der Waals surface area contributed by atoms with E-state index >= 15 is 0 Å². The first kappa shape index (κ1) is 13.4. The van der Waals surface area contributed by atoms with Crippen molar-refractivity contribution < 1.29 is 4.74 Å². The SMILES string of the molecule is CC(CBr)(CC1CCC2(CCCCC2)O1)C1CC1. The van der Waals surface area contributed by atoms with E-state index in [0.29, 0.717) is 17.1 Å². The molecular weight excluding hydrogens is 288 g/mol. The van der Waals surface area contributed by atoms with E-state index in [4.69, 9.17) is 4.74 Å². The minimum atomic E-state index is 0.305. The second-order valence-corrected chi connectivity index (χ2v) is 7.85. The largest absolute Gasteiger partial charge is 0.372 e. The van der Waals surface area contributed by atoms with Crippen molar-refractivity contribution in [1.82, 2.24) is 0 Å². The van der Waals surface area contributed by atoms with Crippen molar-refractivity contribution in [3.8, 4) is 0 Å². The van der Waals surface area contributed by atoms with Crippen molar-refractivity contribution >= 4 is 15.9 Å². The monoisotopic (exact) mass is 314 g/mol. The molecule has 18 heavy (non-hydrogen) atoms. The third-order valence-electron chi connectivity index (χ3n) is 5.67. The van der Waals surface area contributed by atoms with E-state index in [0.717, 1.165) is 11.2 Å². The van der Waals surface area contributed by atoms with Gasteiger partial charge in [-0.15, -0.1) is 0 Å². The van der Waals surface area contributed by atoms with Crippen molar-refractivity contribution in [2.24, 2.45) is 11.3 Å². The third-order valence-corrected chi connectivity index (χ3v) is 6.95. The Morgan fingerprint density at radius 2 is 1.83 bits per heavy atom. The highest BCUT2D eigenvalue weighted by molar-refractivity contribution is 9.09. The molecule has 0 aromatic carbocycles. The van der Waals surface area contributed by atoms with Gasteiger partial charge in [0.1, 0.15) is 0 Å². The van der Waals surface area contributed by atoms with Crippen molar-refractivity contribution in [1.29, 1.82) is 0 Å². The van der Waals surface area contributed by atoms with Crippen LogP contribution in [0.2, 0.25) is 0 Å². The number of halogens is 1. The summed E-state index contributed by atoms with van der Waals surface area (Å²) in [7, 11) is 0. The molecule has 3 aliphatic rings. The van der Waals surface area contributed by atoms with Gasteiger partial charge < -0.3 is 4.74 Å². The van der Waals surface area contributed by atoms with Gasteiger partial charge in [0.05, 0.1) is 11.7 Å². The summed E-state index contributed by atoms with van der Waals surface area (Å²) in [5, 5.41) is 1.15. The summed E-state index contributed by atoms with van der Waals surface area (Å²) in [4.78, 5) is 0. The Morgan fingerprint density at radius 3 is 2.44 bits per heavy atom. The molecule has 0 radical (unpaired) electrons. The predicted octanol–water partition coefficient (Wildman–Crippen LogP) is 5.07. The second-order valence-electron chi connectivity index (χ2n) is 7.29. The third kappa shape index (κ3) is 2.65. The summed E-state index contributed by atoms with van der Waals surface area (Å²) in [5.41, 5.74) is 0.796. The Morgan fingerprint density at radius 1 is 1.11 bits per heavy atom. The Kier molecular flexibility index (Phi) is 3.79. The van der Waals surface area contributed by atoms with Gasteiger partial charge in [-0.05, 0) is 56.3 Å². The molecule has 1 aliphatic heterocycles. The van der Waals surface area contributed by atoms with E-state index in [-0.39, 0.29) is 0 Å². The number of hydrogen-bond donors (Lipinski definition) is 0. The number of rotatable bonds is 4. The van der Waals surface area contributed by atoms with Crippen LogP contribution in [-0.4, -0.2) is 17.0 Å². The first-order valence-corrected chi connectivity index (χ1v) is 9.02. The van der Waals surface area contributed by atoms with E-state index in [9.17, 15) is 0 Å². The summed E-state index contributed by atoms with van der Waals surface area (Å²) in [6, 6.07) is 0. The lowest BCUT2D eigenvalue weighted by Crippen LogP contribution is -2.34. The van der Waals surface area contributed by atoms with Crippen molar-refractivity contribution in [3.63, 3.8) is 0 Å². The number of alkyl halides is 1. The molecule has 0 amide bonds. The summed E-state index contributed by atoms with van der Waals surface area (Å²) >= 11 is 3.75. The molecule has 1 spiro atoms. The molecule has 2 saturated carbocycles. The zero-order chi connectivity index (χ0) is 12.6. The van der Waals surface area contributed by atoms with Crippen LogP contribution in [0.4, 0.5) is 0 Å². The highest BCUT2D eigenvalue weighted by Gasteiger charge is 2.46. The molecule has 1 heterocycles. The quantitative estimate of drug-likeness (QED) is 0.658. The molecular formula is C16H27BrO. The van der Waals surface area contributed by atoms with Crippen LogP contribution in [0.3, 0.4) is 0 Å². The van der Waals surface area contributed by atoms with Crippen LogP contribution in [-0.2, 0) is 4.74 Å². The zero-order valence-corrected chi connectivity index (χ0v) is 13.3. The average Bonchev–Trinajstić information content (AvgIpc) is 3.17. The Hall–Kier alpha value is 0.440. The van der Waals surface area contributed by atoms with Gasteiger partial charge >= 0.3 is 0 Å². The Bertz CT molecular complexity index is 293. The predicted molar refractivity (Wildman–Crippen MR) is 79.2 cm³/mol. The summed E-state index contributed by atoms with van der Waals surface area (Å²) in [6.07, 6.45) is 14.2. The lowest BCUT2D eigenvalue weighted by atomic mass is 9.80. The van der Waals surface area contributed by atoms with Gasteiger partial charge in [0.15, 0.2) is 0 Å². The zero-order valence-electron chi connectivity index (χ0n) is 11.7. The minimum absolute atomic E-state index is 0.305. The van der Waals surface area contributed by atoms with Gasteiger partial charge in [0.2, 0.25) is 0 Å². The van der Waals surface area contributed by atoms with Gasteiger partial charge in [-0.1, -0.05) is 42.1 Å². The second kappa shape index (κ2) is 5.09. The molecule has 2 atom stereocenters. The maximum atomic E-state index is 6.54. The Balaban J connectivity index is 1.58. The van der Waals surface area contributed by atoms with E-state index in [1.807, 2.05) is 0 Å². The average molecular weight is 315 g/mol. The van der Waals surface area contributed by atoms with Crippen LogP contribution in [0.25, 0.3) is 0 Å². The fraction of sp³-hybridized carbons (Fsp3) is 1.00.